The highest BCUT2D eigenvalue weighted by atomic mass is 79.9. The van der Waals surface area contributed by atoms with Crippen molar-refractivity contribution in [3.8, 4) is 0 Å². The third kappa shape index (κ3) is 1.16. The van der Waals surface area contributed by atoms with E-state index in [4.69, 9.17) is 0 Å². The number of allylic oxidation sites excluding steroid dienone is 4. The normalized spacial score (nSPS) is 19.1. The summed E-state index contributed by atoms with van der Waals surface area (Å²) in [7, 11) is 0. The largest absolute Gasteiger partial charge is 0.0684 e. The molecule has 0 aromatic rings. The molecule has 0 aliphatic heterocycles. The number of hydrogen-bond acceptors (Lipinski definition) is 0. The molecule has 0 fully saturated rings. The molecule has 7 heavy (non-hydrogen) atoms. The molecular weight excluding hydrogens is 152 g/mol. The summed E-state index contributed by atoms with van der Waals surface area (Å²) in [5.74, 6) is 0. The summed E-state index contributed by atoms with van der Waals surface area (Å²) >= 11 is 3.36. The summed E-state index contributed by atoms with van der Waals surface area (Å²) in [6.07, 6.45) is 5.43. The monoisotopic (exact) mass is 158 g/mol. The van der Waals surface area contributed by atoms with Gasteiger partial charge in [-0.25, -0.2) is 0 Å². The molecule has 0 N–H and O–H groups in total. The molecule has 0 saturated carbocycles. The van der Waals surface area contributed by atoms with Crippen molar-refractivity contribution in [2.45, 2.75) is 13.3 Å². The van der Waals surface area contributed by atoms with Gasteiger partial charge in [-0.2, -0.15) is 0 Å². The second-order valence-electron chi connectivity index (χ2n) is 1.78. The average molecular weight is 159 g/mol. The van der Waals surface area contributed by atoms with Crippen LogP contribution in [0.2, 0.25) is 0 Å². The molecule has 1 rings (SSSR count). The Morgan fingerprint density at radius 2 is 2.43 bits per heavy atom. The lowest BCUT2D eigenvalue weighted by atomic mass is 10.3. The number of rotatable bonds is 0. The summed E-state index contributed by atoms with van der Waals surface area (Å²) in [4.78, 5) is 0. The highest BCUT2D eigenvalue weighted by Gasteiger charge is 1.95. The van der Waals surface area contributed by atoms with Crippen molar-refractivity contribution in [1.29, 1.82) is 0 Å². The number of hydrogen-bond donors (Lipinski definition) is 0. The molecule has 0 aromatic carbocycles. The van der Waals surface area contributed by atoms with E-state index in [0.29, 0.717) is 0 Å². The quantitative estimate of drug-likeness (QED) is 0.509. The van der Waals surface area contributed by atoms with Gasteiger partial charge in [0.25, 0.3) is 0 Å². The van der Waals surface area contributed by atoms with Gasteiger partial charge >= 0.3 is 0 Å². The minimum absolute atomic E-state index is 1.13. The van der Waals surface area contributed by atoms with Gasteiger partial charge in [0.2, 0.25) is 0 Å². The Morgan fingerprint density at radius 1 is 1.71 bits per heavy atom. The van der Waals surface area contributed by atoms with E-state index < -0.39 is 0 Å². The Balaban J connectivity index is 2.69. The Labute approximate surface area is 52.0 Å². The first-order valence-electron chi connectivity index (χ1n) is 2.32. The molecule has 0 atom stereocenters. The van der Waals surface area contributed by atoms with Crippen LogP contribution in [-0.2, 0) is 0 Å². The fraction of sp³-hybridized carbons (Fsp3) is 0.333. The maximum atomic E-state index is 3.36. The first-order valence-corrected chi connectivity index (χ1v) is 3.11. The predicted molar refractivity (Wildman–Crippen MR) is 35.4 cm³/mol. The van der Waals surface area contributed by atoms with E-state index in [9.17, 15) is 0 Å². The van der Waals surface area contributed by atoms with Crippen molar-refractivity contribution < 1.29 is 0 Å². The topological polar surface area (TPSA) is 0 Å². The molecule has 0 unspecified atom stereocenters. The zero-order valence-electron chi connectivity index (χ0n) is 4.24. The number of halogens is 1. The Bertz CT molecular complexity index is 131. The van der Waals surface area contributed by atoms with Gasteiger partial charge < -0.3 is 0 Å². The molecule has 1 aliphatic rings. The van der Waals surface area contributed by atoms with E-state index in [0.717, 1.165) is 6.42 Å². The van der Waals surface area contributed by atoms with E-state index in [-0.39, 0.29) is 0 Å². The van der Waals surface area contributed by atoms with Crippen LogP contribution in [0.3, 0.4) is 0 Å². The molecule has 1 heteroatoms. The van der Waals surface area contributed by atoms with Crippen LogP contribution in [-0.4, -0.2) is 0 Å². The third-order valence-corrected chi connectivity index (χ3v) is 1.56. The molecule has 38 valence electrons. The fourth-order valence-corrected chi connectivity index (χ4v) is 1.16. The van der Waals surface area contributed by atoms with Crippen molar-refractivity contribution >= 4 is 15.9 Å². The predicted octanol–water partition coefficient (Wildman–Crippen LogP) is 2.62. The van der Waals surface area contributed by atoms with E-state index >= 15 is 0 Å². The zero-order valence-corrected chi connectivity index (χ0v) is 5.83. The van der Waals surface area contributed by atoms with Gasteiger partial charge in [0, 0.05) is 4.48 Å². The third-order valence-electron chi connectivity index (χ3n) is 1.00. The van der Waals surface area contributed by atoms with E-state index in [1.807, 2.05) is 0 Å². The molecule has 0 saturated heterocycles. The van der Waals surface area contributed by atoms with Crippen molar-refractivity contribution in [3.63, 3.8) is 0 Å². The average Bonchev–Trinajstić information content (AvgIpc) is 1.87. The van der Waals surface area contributed by atoms with Crippen molar-refractivity contribution in [3.05, 3.63) is 22.2 Å². The molecule has 0 heterocycles. The van der Waals surface area contributed by atoms with Crippen LogP contribution in [0.4, 0.5) is 0 Å². The van der Waals surface area contributed by atoms with Crippen LogP contribution in [0.25, 0.3) is 0 Å². The van der Waals surface area contributed by atoms with Crippen LogP contribution in [0, 0.1) is 0 Å². The zero-order chi connectivity index (χ0) is 5.28. The standard InChI is InChI=1S/C6H7Br/c1-5-2-3-6(7)4-5/h3-4H,2H2,1H3. The maximum Gasteiger partial charge on any atom is 0.0138 e. The van der Waals surface area contributed by atoms with E-state index in [2.05, 4.69) is 35.0 Å². The van der Waals surface area contributed by atoms with Gasteiger partial charge in [0.1, 0.15) is 0 Å². The van der Waals surface area contributed by atoms with Gasteiger partial charge in [-0.05, 0) is 19.4 Å². The molecule has 1 aliphatic carbocycles. The lowest BCUT2D eigenvalue weighted by Crippen LogP contribution is -1.58. The van der Waals surface area contributed by atoms with Crippen LogP contribution in [0.1, 0.15) is 13.3 Å². The molecule has 0 bridgehead atoms. The smallest absolute Gasteiger partial charge is 0.0138 e. The second-order valence-corrected chi connectivity index (χ2v) is 2.70. The molecule has 0 aromatic heterocycles. The summed E-state index contributed by atoms with van der Waals surface area (Å²) in [6, 6.07) is 0. The van der Waals surface area contributed by atoms with Gasteiger partial charge in [-0.15, -0.1) is 0 Å². The fourth-order valence-electron chi connectivity index (χ4n) is 0.612. The lowest BCUT2D eigenvalue weighted by Gasteiger charge is -1.79. The highest BCUT2D eigenvalue weighted by molar-refractivity contribution is 9.11. The van der Waals surface area contributed by atoms with Gasteiger partial charge in [-0.3, -0.25) is 0 Å². The van der Waals surface area contributed by atoms with Crippen LogP contribution < -0.4 is 0 Å². The molecule has 0 nitrogen and oxygen atoms in total. The summed E-state index contributed by atoms with van der Waals surface area (Å²) < 4.78 is 1.23. The van der Waals surface area contributed by atoms with Crippen molar-refractivity contribution in [2.75, 3.05) is 0 Å². The molecule has 0 amide bonds. The van der Waals surface area contributed by atoms with Crippen LogP contribution >= 0.6 is 15.9 Å². The Kier molecular flexibility index (Phi) is 1.33. The Morgan fingerprint density at radius 3 is 2.57 bits per heavy atom. The summed E-state index contributed by atoms with van der Waals surface area (Å²) in [6.45, 7) is 2.13. The van der Waals surface area contributed by atoms with Crippen LogP contribution in [0.15, 0.2) is 22.2 Å². The van der Waals surface area contributed by atoms with Gasteiger partial charge in [0.05, 0.1) is 0 Å². The summed E-state index contributed by atoms with van der Waals surface area (Å²) in [5.41, 5.74) is 1.44. The molecule has 0 spiro atoms. The van der Waals surface area contributed by atoms with Crippen LogP contribution in [0.5, 0.6) is 0 Å². The van der Waals surface area contributed by atoms with E-state index in [1.165, 1.54) is 10.1 Å². The SMILES string of the molecule is CC1=CC(Br)=CC1. The summed E-state index contributed by atoms with van der Waals surface area (Å²) in [5, 5.41) is 0. The minimum atomic E-state index is 1.13. The molecule has 0 radical (unpaired) electrons. The minimum Gasteiger partial charge on any atom is -0.0684 e. The lowest BCUT2D eigenvalue weighted by molar-refractivity contribution is 1.25. The van der Waals surface area contributed by atoms with Crippen molar-refractivity contribution in [1.82, 2.24) is 0 Å². The first-order chi connectivity index (χ1) is 3.29. The first kappa shape index (κ1) is 5.10. The van der Waals surface area contributed by atoms with Gasteiger partial charge in [-0.1, -0.05) is 27.6 Å². The van der Waals surface area contributed by atoms with E-state index in [1.54, 1.807) is 0 Å². The highest BCUT2D eigenvalue weighted by Crippen LogP contribution is 2.20. The Hall–Kier alpha value is -0.0400. The maximum absolute atomic E-state index is 3.36. The van der Waals surface area contributed by atoms with Gasteiger partial charge in [0.15, 0.2) is 0 Å². The van der Waals surface area contributed by atoms with Crippen molar-refractivity contribution in [2.24, 2.45) is 0 Å². The molecular formula is C6H7Br. The second kappa shape index (κ2) is 1.83.